The Balaban J connectivity index is 0.000000433. The van der Waals surface area contributed by atoms with E-state index in [4.69, 9.17) is 10.2 Å². The van der Waals surface area contributed by atoms with E-state index in [1.807, 2.05) is 0 Å². The molecule has 2 N–H and O–H groups in total. The van der Waals surface area contributed by atoms with E-state index in [2.05, 4.69) is 16.1 Å². The fraction of sp³-hybridized carbons (Fsp3) is 0.267. The van der Waals surface area contributed by atoms with Crippen LogP contribution in [0.4, 0.5) is 0 Å². The molecule has 0 aliphatic rings. The minimum absolute atomic E-state index is 0.0160. The van der Waals surface area contributed by atoms with Crippen LogP contribution in [-0.2, 0) is 14.3 Å². The molecule has 0 fully saturated rings. The van der Waals surface area contributed by atoms with Crippen molar-refractivity contribution in [1.82, 2.24) is 0 Å². The predicted octanol–water partition coefficient (Wildman–Crippen LogP) is 1.75. The summed E-state index contributed by atoms with van der Waals surface area (Å²) in [5.41, 5.74) is 0.272. The van der Waals surface area contributed by atoms with Crippen molar-refractivity contribution in [1.29, 1.82) is 0 Å². The Morgan fingerprint density at radius 3 is 2.09 bits per heavy atom. The summed E-state index contributed by atoms with van der Waals surface area (Å²) in [6.45, 7) is 7.42. The summed E-state index contributed by atoms with van der Waals surface area (Å²) in [6.07, 6.45) is -1.05. The van der Waals surface area contributed by atoms with Crippen molar-refractivity contribution in [3.8, 4) is 5.75 Å². The number of aliphatic hydroxyl groups is 1. The maximum Gasteiger partial charge on any atom is 0.339 e. The lowest BCUT2D eigenvalue weighted by Crippen LogP contribution is -2.13. The number of carbonyl (C=O) groups excluding carboxylic acids is 2. The fourth-order valence-corrected chi connectivity index (χ4v) is 1.14. The summed E-state index contributed by atoms with van der Waals surface area (Å²) in [7, 11) is 0. The number of para-hydroxylation sites is 1. The van der Waals surface area contributed by atoms with E-state index < -0.39 is 24.2 Å². The van der Waals surface area contributed by atoms with Crippen molar-refractivity contribution in [2.75, 3.05) is 0 Å². The number of benzene rings is 1. The lowest BCUT2D eigenvalue weighted by atomic mass is 10.2. The van der Waals surface area contributed by atoms with Gasteiger partial charge in [0.25, 0.3) is 0 Å². The number of carbonyl (C=O) groups is 3. The van der Waals surface area contributed by atoms with Gasteiger partial charge < -0.3 is 19.7 Å². The molecule has 1 aromatic rings. The van der Waals surface area contributed by atoms with E-state index in [1.165, 1.54) is 32.9 Å². The maximum atomic E-state index is 10.6. The molecule has 0 radical (unpaired) electrons. The van der Waals surface area contributed by atoms with Crippen molar-refractivity contribution in [2.24, 2.45) is 0 Å². The number of rotatable bonds is 4. The summed E-state index contributed by atoms with van der Waals surface area (Å²) in [4.78, 5) is 31.7. The largest absolute Gasteiger partial charge is 0.478 e. The van der Waals surface area contributed by atoms with Crippen molar-refractivity contribution in [3.05, 3.63) is 42.0 Å². The van der Waals surface area contributed by atoms with E-state index in [0.717, 1.165) is 0 Å². The number of aliphatic hydroxyl groups excluding tert-OH is 1. The summed E-state index contributed by atoms with van der Waals surface area (Å²) in [5.74, 6) is -2.14. The van der Waals surface area contributed by atoms with Crippen LogP contribution in [0, 0.1) is 0 Å². The third-order valence-electron chi connectivity index (χ3n) is 2.00. The van der Waals surface area contributed by atoms with E-state index >= 15 is 0 Å². The molecule has 0 saturated carbocycles. The van der Waals surface area contributed by atoms with Gasteiger partial charge in [-0.15, -0.1) is 0 Å². The Morgan fingerprint density at radius 1 is 1.18 bits per heavy atom. The number of aromatic carboxylic acids is 1. The number of hydrogen-bond acceptors (Lipinski definition) is 6. The van der Waals surface area contributed by atoms with Gasteiger partial charge in [-0.2, -0.15) is 0 Å². The SMILES string of the molecule is C=C(C)C(=O)OC(C)O.CC(=O)Oc1ccccc1C(=O)O. The standard InChI is InChI=1S/C9H8O4.C6H10O3/c1-6(10)13-8-5-3-2-4-7(8)9(11)12;1-4(2)6(8)9-5(3)7/h2-5H,1H3,(H,11,12);5,7H,1H2,2-3H3. The molecule has 7 nitrogen and oxygen atoms in total. The van der Waals surface area contributed by atoms with Gasteiger partial charge in [0, 0.05) is 12.5 Å². The monoisotopic (exact) mass is 310 g/mol. The summed E-state index contributed by atoms with van der Waals surface area (Å²) in [5, 5.41) is 17.2. The first-order valence-corrected chi connectivity index (χ1v) is 6.20. The second-order valence-electron chi connectivity index (χ2n) is 4.18. The normalized spacial score (nSPS) is 10.5. The molecule has 0 bridgehead atoms. The van der Waals surface area contributed by atoms with Crippen LogP contribution in [0.3, 0.4) is 0 Å². The smallest absolute Gasteiger partial charge is 0.339 e. The van der Waals surface area contributed by atoms with Gasteiger partial charge in [0.05, 0.1) is 0 Å². The average molecular weight is 310 g/mol. The van der Waals surface area contributed by atoms with Crippen LogP contribution < -0.4 is 4.74 Å². The Morgan fingerprint density at radius 2 is 1.73 bits per heavy atom. The van der Waals surface area contributed by atoms with E-state index in [1.54, 1.807) is 12.1 Å². The number of esters is 2. The first-order valence-electron chi connectivity index (χ1n) is 6.20. The third-order valence-corrected chi connectivity index (χ3v) is 2.00. The molecule has 0 saturated heterocycles. The Hall–Kier alpha value is -2.67. The topological polar surface area (TPSA) is 110 Å². The molecule has 0 aliphatic heterocycles. The zero-order valence-corrected chi connectivity index (χ0v) is 12.5. The van der Waals surface area contributed by atoms with Crippen LogP contribution in [0.1, 0.15) is 31.1 Å². The van der Waals surface area contributed by atoms with Gasteiger partial charge in [0.15, 0.2) is 6.29 Å². The zero-order chi connectivity index (χ0) is 17.3. The summed E-state index contributed by atoms with van der Waals surface area (Å²) in [6, 6.07) is 5.98. The first kappa shape index (κ1) is 19.3. The molecular weight excluding hydrogens is 292 g/mol. The van der Waals surface area contributed by atoms with Gasteiger partial charge in [0.2, 0.25) is 0 Å². The average Bonchev–Trinajstić information content (AvgIpc) is 2.38. The van der Waals surface area contributed by atoms with Gasteiger partial charge >= 0.3 is 17.9 Å². The molecule has 0 heterocycles. The highest BCUT2D eigenvalue weighted by Gasteiger charge is 2.11. The lowest BCUT2D eigenvalue weighted by Gasteiger charge is -2.04. The maximum absolute atomic E-state index is 10.6. The van der Waals surface area contributed by atoms with Crippen LogP contribution in [0.25, 0.3) is 0 Å². The van der Waals surface area contributed by atoms with Crippen molar-refractivity contribution in [3.63, 3.8) is 0 Å². The Bertz CT molecular complexity index is 561. The summed E-state index contributed by atoms with van der Waals surface area (Å²) < 4.78 is 9.02. The van der Waals surface area contributed by atoms with E-state index in [0.29, 0.717) is 0 Å². The molecule has 22 heavy (non-hydrogen) atoms. The highest BCUT2D eigenvalue weighted by atomic mass is 16.6. The van der Waals surface area contributed by atoms with Gasteiger partial charge in [-0.1, -0.05) is 18.7 Å². The van der Waals surface area contributed by atoms with E-state index in [9.17, 15) is 14.4 Å². The van der Waals surface area contributed by atoms with Crippen LogP contribution in [-0.4, -0.2) is 34.4 Å². The minimum atomic E-state index is -1.11. The molecule has 0 spiro atoms. The highest BCUT2D eigenvalue weighted by molar-refractivity contribution is 5.91. The molecule has 0 aliphatic carbocycles. The number of ether oxygens (including phenoxy) is 2. The Labute approximate surface area is 127 Å². The van der Waals surface area contributed by atoms with Crippen molar-refractivity contribution >= 4 is 17.9 Å². The van der Waals surface area contributed by atoms with E-state index in [-0.39, 0.29) is 16.9 Å². The van der Waals surface area contributed by atoms with Crippen LogP contribution in [0.5, 0.6) is 5.75 Å². The van der Waals surface area contributed by atoms with Gasteiger partial charge in [-0.05, 0) is 26.0 Å². The molecule has 120 valence electrons. The molecule has 0 amide bonds. The van der Waals surface area contributed by atoms with Gasteiger partial charge in [-0.3, -0.25) is 4.79 Å². The quantitative estimate of drug-likeness (QED) is 0.377. The Kier molecular flexibility index (Phi) is 8.17. The second kappa shape index (κ2) is 9.30. The molecule has 1 unspecified atom stereocenters. The van der Waals surface area contributed by atoms with Crippen LogP contribution in [0.15, 0.2) is 36.4 Å². The zero-order valence-electron chi connectivity index (χ0n) is 12.5. The molecule has 1 rings (SSSR count). The number of carboxylic acid groups (broad SMARTS) is 1. The molecule has 1 aromatic carbocycles. The van der Waals surface area contributed by atoms with Crippen molar-refractivity contribution < 1.29 is 34.1 Å². The van der Waals surface area contributed by atoms with Gasteiger partial charge in [-0.25, -0.2) is 9.59 Å². The molecule has 0 aromatic heterocycles. The number of hydrogen-bond donors (Lipinski definition) is 2. The molecular formula is C15H18O7. The third kappa shape index (κ3) is 7.81. The molecule has 7 heteroatoms. The highest BCUT2D eigenvalue weighted by Crippen LogP contribution is 2.17. The minimum Gasteiger partial charge on any atom is -0.478 e. The first-order chi connectivity index (χ1) is 10.1. The van der Waals surface area contributed by atoms with Crippen LogP contribution in [0.2, 0.25) is 0 Å². The fourth-order valence-electron chi connectivity index (χ4n) is 1.14. The number of carboxylic acids is 1. The van der Waals surface area contributed by atoms with Crippen LogP contribution >= 0.6 is 0 Å². The predicted molar refractivity (Wildman–Crippen MR) is 77.3 cm³/mol. The van der Waals surface area contributed by atoms with Gasteiger partial charge in [0.1, 0.15) is 11.3 Å². The second-order valence-corrected chi connectivity index (χ2v) is 4.18. The molecule has 1 atom stereocenters. The summed E-state index contributed by atoms with van der Waals surface area (Å²) >= 11 is 0. The van der Waals surface area contributed by atoms with Crippen molar-refractivity contribution in [2.45, 2.75) is 27.1 Å². The lowest BCUT2D eigenvalue weighted by molar-refractivity contribution is -0.159.